The fourth-order valence-electron chi connectivity index (χ4n) is 1.25. The van der Waals surface area contributed by atoms with Gasteiger partial charge in [0.15, 0.2) is 0 Å². The van der Waals surface area contributed by atoms with E-state index in [1.807, 2.05) is 0 Å². The Morgan fingerprint density at radius 2 is 2.29 bits per heavy atom. The summed E-state index contributed by atoms with van der Waals surface area (Å²) in [7, 11) is 0. The van der Waals surface area contributed by atoms with Gasteiger partial charge in [-0.1, -0.05) is 36.8 Å². The summed E-state index contributed by atoms with van der Waals surface area (Å²) in [5.41, 5.74) is 2.59. The van der Waals surface area contributed by atoms with Gasteiger partial charge in [0.2, 0.25) is 0 Å². The summed E-state index contributed by atoms with van der Waals surface area (Å²) in [6.07, 6.45) is 0.924. The van der Waals surface area contributed by atoms with Gasteiger partial charge in [-0.05, 0) is 18.9 Å². The number of hydrogen-bond donors (Lipinski definition) is 0. The van der Waals surface area contributed by atoms with Crippen LogP contribution in [-0.2, 0) is 5.75 Å². The quantitative estimate of drug-likeness (QED) is 0.750. The van der Waals surface area contributed by atoms with Crippen LogP contribution in [0.5, 0.6) is 0 Å². The molecule has 0 amide bonds. The van der Waals surface area contributed by atoms with Crippen molar-refractivity contribution < 1.29 is 0 Å². The molecule has 0 spiro atoms. The van der Waals surface area contributed by atoms with Crippen molar-refractivity contribution in [1.29, 1.82) is 5.26 Å². The molecule has 0 radical (unpaired) electrons. The molecule has 0 N–H and O–H groups in total. The monoisotopic (exact) mass is 205 g/mol. The highest BCUT2D eigenvalue weighted by atomic mass is 32.2. The highest BCUT2D eigenvalue weighted by molar-refractivity contribution is 7.99. The Morgan fingerprint density at radius 1 is 1.50 bits per heavy atom. The van der Waals surface area contributed by atoms with E-state index in [4.69, 9.17) is 5.26 Å². The average molecular weight is 205 g/mol. The second kappa shape index (κ2) is 5.72. The van der Waals surface area contributed by atoms with E-state index in [1.54, 1.807) is 11.8 Å². The molecular weight excluding hydrogens is 190 g/mol. The van der Waals surface area contributed by atoms with Gasteiger partial charge in [0.1, 0.15) is 0 Å². The van der Waals surface area contributed by atoms with Crippen LogP contribution >= 0.6 is 11.8 Å². The molecular formula is C12H15NS. The van der Waals surface area contributed by atoms with Crippen molar-refractivity contribution in [1.82, 2.24) is 0 Å². The SMILES string of the molecule is CCC(C#N)SCc1cccc(C)c1. The van der Waals surface area contributed by atoms with Crippen LogP contribution in [0.2, 0.25) is 0 Å². The van der Waals surface area contributed by atoms with E-state index >= 15 is 0 Å². The topological polar surface area (TPSA) is 23.8 Å². The Bertz CT molecular complexity index is 327. The van der Waals surface area contributed by atoms with Crippen LogP contribution in [-0.4, -0.2) is 5.25 Å². The van der Waals surface area contributed by atoms with Crippen molar-refractivity contribution in [3.63, 3.8) is 0 Å². The molecule has 0 heterocycles. The van der Waals surface area contributed by atoms with Crippen LogP contribution in [0, 0.1) is 18.3 Å². The van der Waals surface area contributed by atoms with Crippen LogP contribution in [0.1, 0.15) is 24.5 Å². The third kappa shape index (κ3) is 3.43. The number of nitrogens with zero attached hydrogens (tertiary/aromatic N) is 1. The number of hydrogen-bond acceptors (Lipinski definition) is 2. The lowest BCUT2D eigenvalue weighted by Gasteiger charge is -2.06. The molecule has 14 heavy (non-hydrogen) atoms. The Balaban J connectivity index is 2.50. The van der Waals surface area contributed by atoms with Gasteiger partial charge in [0.25, 0.3) is 0 Å². The van der Waals surface area contributed by atoms with E-state index in [0.29, 0.717) is 0 Å². The maximum atomic E-state index is 8.79. The minimum absolute atomic E-state index is 0.135. The minimum atomic E-state index is 0.135. The first-order valence-corrected chi connectivity index (χ1v) is 5.88. The summed E-state index contributed by atoms with van der Waals surface area (Å²) in [5.74, 6) is 0.938. The highest BCUT2D eigenvalue weighted by Gasteiger charge is 2.04. The molecule has 0 aliphatic carbocycles. The minimum Gasteiger partial charge on any atom is -0.197 e. The first kappa shape index (κ1) is 11.1. The van der Waals surface area contributed by atoms with Gasteiger partial charge in [0.05, 0.1) is 11.3 Å². The van der Waals surface area contributed by atoms with Crippen molar-refractivity contribution in [2.24, 2.45) is 0 Å². The maximum Gasteiger partial charge on any atom is 0.0917 e. The zero-order chi connectivity index (χ0) is 10.4. The molecule has 0 aromatic heterocycles. The summed E-state index contributed by atoms with van der Waals surface area (Å²) >= 11 is 1.72. The van der Waals surface area contributed by atoms with Crippen LogP contribution in [0.15, 0.2) is 24.3 Å². The van der Waals surface area contributed by atoms with Gasteiger partial charge in [-0.15, -0.1) is 11.8 Å². The van der Waals surface area contributed by atoms with Gasteiger partial charge in [-0.25, -0.2) is 0 Å². The molecule has 0 aliphatic rings. The molecule has 0 bridgehead atoms. The van der Waals surface area contributed by atoms with Crippen LogP contribution in [0.4, 0.5) is 0 Å². The largest absolute Gasteiger partial charge is 0.197 e. The molecule has 1 nitrogen and oxygen atoms in total. The standard InChI is InChI=1S/C12H15NS/c1-3-12(8-13)14-9-11-6-4-5-10(2)7-11/h4-7,12H,3,9H2,1-2H3. The van der Waals surface area contributed by atoms with Gasteiger partial charge in [0, 0.05) is 5.75 Å². The van der Waals surface area contributed by atoms with Crippen molar-refractivity contribution in [3.05, 3.63) is 35.4 Å². The molecule has 0 saturated heterocycles. The Morgan fingerprint density at radius 3 is 2.86 bits per heavy atom. The molecule has 74 valence electrons. The summed E-state index contributed by atoms with van der Waals surface area (Å²) in [6, 6.07) is 10.8. The molecule has 1 aromatic carbocycles. The molecule has 1 rings (SSSR count). The predicted molar refractivity (Wildman–Crippen MR) is 62.2 cm³/mol. The molecule has 1 atom stereocenters. The summed E-state index contributed by atoms with van der Waals surface area (Å²) in [4.78, 5) is 0. The normalized spacial score (nSPS) is 12.1. The van der Waals surface area contributed by atoms with E-state index in [9.17, 15) is 0 Å². The van der Waals surface area contributed by atoms with Crippen molar-refractivity contribution in [2.45, 2.75) is 31.3 Å². The summed E-state index contributed by atoms with van der Waals surface area (Å²) < 4.78 is 0. The summed E-state index contributed by atoms with van der Waals surface area (Å²) in [6.45, 7) is 4.15. The lowest BCUT2D eigenvalue weighted by atomic mass is 10.2. The molecule has 0 aliphatic heterocycles. The van der Waals surface area contributed by atoms with Crippen molar-refractivity contribution in [2.75, 3.05) is 0 Å². The van der Waals surface area contributed by atoms with Crippen molar-refractivity contribution in [3.8, 4) is 6.07 Å². The number of thioether (sulfide) groups is 1. The first-order valence-electron chi connectivity index (χ1n) is 4.83. The van der Waals surface area contributed by atoms with Crippen LogP contribution < -0.4 is 0 Å². The second-order valence-corrected chi connectivity index (χ2v) is 4.52. The molecule has 2 heteroatoms. The summed E-state index contributed by atoms with van der Waals surface area (Å²) in [5, 5.41) is 8.92. The zero-order valence-corrected chi connectivity index (χ0v) is 9.47. The Kier molecular flexibility index (Phi) is 4.55. The number of benzene rings is 1. The highest BCUT2D eigenvalue weighted by Crippen LogP contribution is 2.19. The Labute approximate surface area is 90.1 Å². The van der Waals surface area contributed by atoms with E-state index in [2.05, 4.69) is 44.2 Å². The smallest absolute Gasteiger partial charge is 0.0917 e. The molecule has 0 saturated carbocycles. The van der Waals surface area contributed by atoms with E-state index in [0.717, 1.165) is 12.2 Å². The van der Waals surface area contributed by atoms with Gasteiger partial charge in [-0.3, -0.25) is 0 Å². The lowest BCUT2D eigenvalue weighted by Crippen LogP contribution is -1.96. The van der Waals surface area contributed by atoms with Crippen LogP contribution in [0.3, 0.4) is 0 Å². The second-order valence-electron chi connectivity index (χ2n) is 3.33. The van der Waals surface area contributed by atoms with Gasteiger partial charge >= 0.3 is 0 Å². The van der Waals surface area contributed by atoms with Crippen molar-refractivity contribution >= 4 is 11.8 Å². The predicted octanol–water partition coefficient (Wildman–Crippen LogP) is 3.53. The van der Waals surface area contributed by atoms with Gasteiger partial charge in [-0.2, -0.15) is 5.26 Å². The van der Waals surface area contributed by atoms with E-state index < -0.39 is 0 Å². The third-order valence-corrected chi connectivity index (χ3v) is 3.39. The van der Waals surface area contributed by atoms with E-state index in [-0.39, 0.29) is 5.25 Å². The molecule has 1 aromatic rings. The molecule has 0 fully saturated rings. The fourth-order valence-corrected chi connectivity index (χ4v) is 2.13. The first-order chi connectivity index (χ1) is 6.76. The van der Waals surface area contributed by atoms with Crippen LogP contribution in [0.25, 0.3) is 0 Å². The zero-order valence-electron chi connectivity index (χ0n) is 8.66. The third-order valence-electron chi connectivity index (χ3n) is 2.05. The lowest BCUT2D eigenvalue weighted by molar-refractivity contribution is 0.984. The average Bonchev–Trinajstić information content (AvgIpc) is 2.19. The molecule has 1 unspecified atom stereocenters. The van der Waals surface area contributed by atoms with Gasteiger partial charge < -0.3 is 0 Å². The fraction of sp³-hybridized carbons (Fsp3) is 0.417. The maximum absolute atomic E-state index is 8.79. The number of nitriles is 1. The number of rotatable bonds is 4. The Hall–Kier alpha value is -0.940. The van der Waals surface area contributed by atoms with E-state index in [1.165, 1.54) is 11.1 Å². The number of aryl methyl sites for hydroxylation is 1.